The number of nitrogens with zero attached hydrogens (tertiary/aromatic N) is 1. The molecule has 6 nitrogen and oxygen atoms in total. The maximum absolute atomic E-state index is 13.6. The third kappa shape index (κ3) is 6.01. The molecule has 1 atom stereocenters. The smallest absolute Gasteiger partial charge is 0.410 e. The summed E-state index contributed by atoms with van der Waals surface area (Å²) in [4.78, 5) is 24.9. The van der Waals surface area contributed by atoms with Crippen molar-refractivity contribution in [1.82, 2.24) is 4.90 Å². The molecule has 1 rings (SSSR count). The topological polar surface area (TPSA) is 65.1 Å². The Morgan fingerprint density at radius 1 is 1.41 bits per heavy atom. The van der Waals surface area contributed by atoms with Gasteiger partial charge >= 0.3 is 12.1 Å². The summed E-state index contributed by atoms with van der Waals surface area (Å²) in [5, 5.41) is 0. The maximum atomic E-state index is 13.6. The molecule has 0 aliphatic carbocycles. The zero-order chi connectivity index (χ0) is 16.8. The molecule has 7 heteroatoms. The van der Waals surface area contributed by atoms with Crippen LogP contribution >= 0.6 is 0 Å². The molecular weight excluding hydrogens is 293 g/mol. The number of esters is 1. The average Bonchev–Trinajstić information content (AvgIpc) is 2.90. The van der Waals surface area contributed by atoms with E-state index in [1.165, 1.54) is 4.90 Å². The highest BCUT2D eigenvalue weighted by molar-refractivity contribution is 5.86. The third-order valence-electron chi connectivity index (χ3n) is 2.91. The molecule has 1 aliphatic rings. The number of amides is 1. The Bertz CT molecular complexity index is 424. The summed E-state index contributed by atoms with van der Waals surface area (Å²) in [5.74, 6) is -2.05. The lowest BCUT2D eigenvalue weighted by atomic mass is 10.2. The van der Waals surface area contributed by atoms with Gasteiger partial charge in [0.25, 0.3) is 0 Å². The Kier molecular flexibility index (Phi) is 6.80. The van der Waals surface area contributed by atoms with E-state index in [0.29, 0.717) is 19.6 Å². The average molecular weight is 317 g/mol. The molecule has 0 aromatic rings. The number of carbonyl (C=O) groups is 2. The van der Waals surface area contributed by atoms with Gasteiger partial charge in [-0.3, -0.25) is 4.90 Å². The van der Waals surface area contributed by atoms with E-state index >= 15 is 0 Å². The maximum Gasteiger partial charge on any atom is 0.410 e. The largest absolute Gasteiger partial charge is 0.461 e. The van der Waals surface area contributed by atoms with E-state index < -0.39 is 23.5 Å². The third-order valence-corrected chi connectivity index (χ3v) is 2.91. The fourth-order valence-corrected chi connectivity index (χ4v) is 1.92. The van der Waals surface area contributed by atoms with Crippen LogP contribution in [-0.2, 0) is 19.0 Å². The highest BCUT2D eigenvalue weighted by atomic mass is 19.1. The SMILES string of the molecule is CCOC(=O)/C(F)=C/CN(C(=O)OC(C)(C)C)[C@H]1CCOC1. The van der Waals surface area contributed by atoms with E-state index in [0.717, 1.165) is 6.08 Å². The van der Waals surface area contributed by atoms with E-state index in [1.807, 2.05) is 0 Å². The quantitative estimate of drug-likeness (QED) is 0.575. The predicted octanol–water partition coefficient (Wildman–Crippen LogP) is 2.43. The van der Waals surface area contributed by atoms with Crippen molar-refractivity contribution in [2.24, 2.45) is 0 Å². The van der Waals surface area contributed by atoms with E-state index in [-0.39, 0.29) is 19.2 Å². The van der Waals surface area contributed by atoms with Gasteiger partial charge in [-0.2, -0.15) is 4.39 Å². The molecule has 1 saturated heterocycles. The Morgan fingerprint density at radius 2 is 2.09 bits per heavy atom. The highest BCUT2D eigenvalue weighted by Gasteiger charge is 2.30. The molecule has 22 heavy (non-hydrogen) atoms. The van der Waals surface area contributed by atoms with Crippen LogP contribution in [0.4, 0.5) is 9.18 Å². The second kappa shape index (κ2) is 8.12. The Balaban J connectivity index is 2.76. The van der Waals surface area contributed by atoms with Crippen molar-refractivity contribution < 1.29 is 28.2 Å². The van der Waals surface area contributed by atoms with Crippen LogP contribution in [0.15, 0.2) is 11.9 Å². The molecule has 1 amide bonds. The first kappa shape index (κ1) is 18.4. The molecule has 126 valence electrons. The van der Waals surface area contributed by atoms with Crippen LogP contribution in [-0.4, -0.2) is 55.0 Å². The molecule has 0 aromatic heterocycles. The number of carbonyl (C=O) groups excluding carboxylic acids is 2. The molecule has 0 unspecified atom stereocenters. The van der Waals surface area contributed by atoms with Gasteiger partial charge in [0.05, 0.1) is 19.3 Å². The van der Waals surface area contributed by atoms with Crippen molar-refractivity contribution in [3.05, 3.63) is 11.9 Å². The summed E-state index contributed by atoms with van der Waals surface area (Å²) in [7, 11) is 0. The monoisotopic (exact) mass is 317 g/mol. The van der Waals surface area contributed by atoms with Crippen LogP contribution in [0, 0.1) is 0 Å². The van der Waals surface area contributed by atoms with Gasteiger partial charge in [0, 0.05) is 13.2 Å². The van der Waals surface area contributed by atoms with Gasteiger partial charge in [-0.1, -0.05) is 0 Å². The number of ether oxygens (including phenoxy) is 3. The van der Waals surface area contributed by atoms with E-state index in [9.17, 15) is 14.0 Å². The zero-order valence-corrected chi connectivity index (χ0v) is 13.6. The van der Waals surface area contributed by atoms with Gasteiger partial charge in [-0.05, 0) is 40.2 Å². The summed E-state index contributed by atoms with van der Waals surface area (Å²) in [5.41, 5.74) is -0.655. The van der Waals surface area contributed by atoms with Gasteiger partial charge in [0.15, 0.2) is 0 Å². The van der Waals surface area contributed by atoms with Crippen molar-refractivity contribution in [1.29, 1.82) is 0 Å². The minimum atomic E-state index is -1.03. The van der Waals surface area contributed by atoms with Gasteiger partial charge in [-0.25, -0.2) is 9.59 Å². The Hall–Kier alpha value is -1.63. The lowest BCUT2D eigenvalue weighted by Crippen LogP contribution is -2.44. The normalized spacial score (nSPS) is 19.0. The lowest BCUT2D eigenvalue weighted by molar-refractivity contribution is -0.140. The second-order valence-corrected chi connectivity index (χ2v) is 5.92. The Morgan fingerprint density at radius 3 is 2.59 bits per heavy atom. The first-order valence-electron chi connectivity index (χ1n) is 7.34. The molecule has 0 bridgehead atoms. The fraction of sp³-hybridized carbons (Fsp3) is 0.733. The second-order valence-electron chi connectivity index (χ2n) is 5.92. The van der Waals surface area contributed by atoms with Crippen molar-refractivity contribution >= 4 is 12.1 Å². The van der Waals surface area contributed by atoms with Gasteiger partial charge in [0.2, 0.25) is 5.83 Å². The summed E-state index contributed by atoms with van der Waals surface area (Å²) in [6, 6.07) is -0.193. The van der Waals surface area contributed by atoms with Crippen LogP contribution in [0.1, 0.15) is 34.1 Å². The van der Waals surface area contributed by atoms with Crippen LogP contribution in [0.2, 0.25) is 0 Å². The van der Waals surface area contributed by atoms with Crippen molar-refractivity contribution in [3.63, 3.8) is 0 Å². The number of halogens is 1. The first-order chi connectivity index (χ1) is 10.2. The van der Waals surface area contributed by atoms with E-state index in [4.69, 9.17) is 9.47 Å². The molecule has 1 aliphatic heterocycles. The van der Waals surface area contributed by atoms with Crippen LogP contribution in [0.3, 0.4) is 0 Å². The zero-order valence-electron chi connectivity index (χ0n) is 13.6. The minimum Gasteiger partial charge on any atom is -0.461 e. The van der Waals surface area contributed by atoms with Crippen molar-refractivity contribution in [2.45, 2.75) is 45.8 Å². The molecule has 1 heterocycles. The molecule has 0 radical (unpaired) electrons. The molecule has 0 spiro atoms. The van der Waals surface area contributed by atoms with Crippen molar-refractivity contribution in [2.75, 3.05) is 26.4 Å². The summed E-state index contributed by atoms with van der Waals surface area (Å²) in [6.45, 7) is 7.77. The van der Waals surface area contributed by atoms with E-state index in [1.54, 1.807) is 27.7 Å². The Labute approximate surface area is 130 Å². The van der Waals surface area contributed by atoms with E-state index in [2.05, 4.69) is 4.74 Å². The standard InChI is InChI=1S/C15H24FNO5/c1-5-21-13(18)12(16)6-8-17(11-7-9-20-10-11)14(19)22-15(2,3)4/h6,11H,5,7-10H2,1-4H3/b12-6-/t11-/m0/s1. The summed E-state index contributed by atoms with van der Waals surface area (Å²) in [6.07, 6.45) is 1.12. The summed E-state index contributed by atoms with van der Waals surface area (Å²) < 4.78 is 28.7. The predicted molar refractivity (Wildman–Crippen MR) is 78.0 cm³/mol. The lowest BCUT2D eigenvalue weighted by Gasteiger charge is -2.30. The van der Waals surface area contributed by atoms with Crippen LogP contribution in [0.25, 0.3) is 0 Å². The number of hydrogen-bond donors (Lipinski definition) is 0. The first-order valence-corrected chi connectivity index (χ1v) is 7.34. The number of rotatable bonds is 5. The van der Waals surface area contributed by atoms with Gasteiger partial charge in [-0.15, -0.1) is 0 Å². The molecule has 0 aromatic carbocycles. The fourth-order valence-electron chi connectivity index (χ4n) is 1.92. The molecule has 1 fully saturated rings. The van der Waals surface area contributed by atoms with Crippen LogP contribution in [0.5, 0.6) is 0 Å². The molecule has 0 saturated carbocycles. The number of hydrogen-bond acceptors (Lipinski definition) is 5. The molecular formula is C15H24FNO5. The minimum absolute atomic E-state index is 0.0758. The highest BCUT2D eigenvalue weighted by Crippen LogP contribution is 2.17. The van der Waals surface area contributed by atoms with Crippen LogP contribution < -0.4 is 0 Å². The summed E-state index contributed by atoms with van der Waals surface area (Å²) >= 11 is 0. The van der Waals surface area contributed by atoms with Crippen molar-refractivity contribution in [3.8, 4) is 0 Å². The van der Waals surface area contributed by atoms with Gasteiger partial charge < -0.3 is 14.2 Å². The molecule has 0 N–H and O–H groups in total. The van der Waals surface area contributed by atoms with Gasteiger partial charge in [0.1, 0.15) is 5.60 Å².